The highest BCUT2D eigenvalue weighted by atomic mass is 16.4. The standard InChI is InChI=1S/C15H15N3O5/c16-8-11(9-17-6-2-5-13(19)20)14(21)18-12-4-1-3-10(7-12)15(22)23/h1,3-4,7,9,17H,2,5-6H2,(H,18,21)(H,19,20)(H,22,23)/b11-9-. The third-order valence-corrected chi connectivity index (χ3v) is 2.69. The van der Waals surface area contributed by atoms with Crippen LogP contribution in [0.15, 0.2) is 36.0 Å². The smallest absolute Gasteiger partial charge is 0.335 e. The number of hydrogen-bond donors (Lipinski definition) is 4. The zero-order chi connectivity index (χ0) is 17.2. The van der Waals surface area contributed by atoms with Gasteiger partial charge in [0.25, 0.3) is 5.91 Å². The topological polar surface area (TPSA) is 140 Å². The SMILES string of the molecule is N#C/C(=C/NCCCC(=O)O)C(=O)Nc1cccc(C(=O)O)c1. The van der Waals surface area contributed by atoms with Gasteiger partial charge in [-0.2, -0.15) is 5.26 Å². The van der Waals surface area contributed by atoms with Crippen molar-refractivity contribution in [1.29, 1.82) is 5.26 Å². The zero-order valence-electron chi connectivity index (χ0n) is 12.1. The zero-order valence-corrected chi connectivity index (χ0v) is 12.1. The summed E-state index contributed by atoms with van der Waals surface area (Å²) in [4.78, 5) is 33.1. The average molecular weight is 317 g/mol. The maximum Gasteiger partial charge on any atom is 0.335 e. The molecule has 1 amide bonds. The van der Waals surface area contributed by atoms with Gasteiger partial charge in [-0.15, -0.1) is 0 Å². The summed E-state index contributed by atoms with van der Waals surface area (Å²) in [6, 6.07) is 7.34. The number of aromatic carboxylic acids is 1. The third-order valence-electron chi connectivity index (χ3n) is 2.69. The highest BCUT2D eigenvalue weighted by molar-refractivity contribution is 6.06. The van der Waals surface area contributed by atoms with Crippen LogP contribution in [0.1, 0.15) is 23.2 Å². The number of carbonyl (C=O) groups excluding carboxylic acids is 1. The molecule has 0 unspecified atom stereocenters. The molecule has 1 aromatic carbocycles. The summed E-state index contributed by atoms with van der Waals surface area (Å²) in [6.45, 7) is 0.305. The minimum absolute atomic E-state index is 0.0112. The Morgan fingerprint density at radius 1 is 1.26 bits per heavy atom. The minimum atomic E-state index is -1.13. The van der Waals surface area contributed by atoms with Gasteiger partial charge in [-0.1, -0.05) is 6.07 Å². The highest BCUT2D eigenvalue weighted by Crippen LogP contribution is 2.11. The monoisotopic (exact) mass is 317 g/mol. The Morgan fingerprint density at radius 2 is 2.00 bits per heavy atom. The molecule has 1 aromatic rings. The molecule has 120 valence electrons. The number of carboxylic acid groups (broad SMARTS) is 2. The van der Waals surface area contributed by atoms with Crippen molar-refractivity contribution >= 4 is 23.5 Å². The molecule has 23 heavy (non-hydrogen) atoms. The Labute approximate surface area is 132 Å². The van der Waals surface area contributed by atoms with E-state index >= 15 is 0 Å². The first-order valence-electron chi connectivity index (χ1n) is 6.64. The van der Waals surface area contributed by atoms with E-state index in [9.17, 15) is 14.4 Å². The van der Waals surface area contributed by atoms with Crippen molar-refractivity contribution in [2.75, 3.05) is 11.9 Å². The first-order valence-corrected chi connectivity index (χ1v) is 6.64. The first-order chi connectivity index (χ1) is 10.9. The Kier molecular flexibility index (Phi) is 6.81. The van der Waals surface area contributed by atoms with Crippen LogP contribution in [-0.4, -0.2) is 34.6 Å². The van der Waals surface area contributed by atoms with Crippen molar-refractivity contribution < 1.29 is 24.6 Å². The van der Waals surface area contributed by atoms with Crippen LogP contribution in [0.5, 0.6) is 0 Å². The van der Waals surface area contributed by atoms with E-state index in [0.717, 1.165) is 0 Å². The van der Waals surface area contributed by atoms with E-state index in [1.165, 1.54) is 30.5 Å². The molecule has 1 rings (SSSR count). The number of anilines is 1. The van der Waals surface area contributed by atoms with Crippen LogP contribution in [-0.2, 0) is 9.59 Å². The predicted octanol–water partition coefficient (Wildman–Crippen LogP) is 1.19. The van der Waals surface area contributed by atoms with E-state index < -0.39 is 17.8 Å². The second-order valence-electron chi connectivity index (χ2n) is 4.46. The number of nitriles is 1. The first kappa shape index (κ1) is 17.7. The summed E-state index contributed by atoms with van der Waals surface area (Å²) in [5.74, 6) is -2.75. The fourth-order valence-corrected chi connectivity index (χ4v) is 1.59. The Morgan fingerprint density at radius 3 is 2.61 bits per heavy atom. The van der Waals surface area contributed by atoms with Crippen LogP contribution < -0.4 is 10.6 Å². The van der Waals surface area contributed by atoms with Crippen LogP contribution in [0.25, 0.3) is 0 Å². The molecule has 8 nitrogen and oxygen atoms in total. The molecular weight excluding hydrogens is 302 g/mol. The largest absolute Gasteiger partial charge is 0.481 e. The summed E-state index contributed by atoms with van der Waals surface area (Å²) >= 11 is 0. The molecule has 0 saturated carbocycles. The van der Waals surface area contributed by atoms with Crippen molar-refractivity contribution in [3.05, 3.63) is 41.6 Å². The number of carbonyl (C=O) groups is 3. The van der Waals surface area contributed by atoms with Crippen LogP contribution >= 0.6 is 0 Å². The lowest BCUT2D eigenvalue weighted by atomic mass is 10.2. The number of nitrogens with zero attached hydrogens (tertiary/aromatic N) is 1. The molecule has 4 N–H and O–H groups in total. The van der Waals surface area contributed by atoms with Crippen LogP contribution in [0.4, 0.5) is 5.69 Å². The van der Waals surface area contributed by atoms with Crippen molar-refractivity contribution in [3.8, 4) is 6.07 Å². The molecule has 0 radical (unpaired) electrons. The van der Waals surface area contributed by atoms with E-state index in [0.29, 0.717) is 13.0 Å². The van der Waals surface area contributed by atoms with Crippen molar-refractivity contribution in [2.45, 2.75) is 12.8 Å². The third kappa shape index (κ3) is 6.31. The van der Waals surface area contributed by atoms with E-state index in [-0.39, 0.29) is 23.2 Å². The van der Waals surface area contributed by atoms with Crippen LogP contribution in [0, 0.1) is 11.3 Å². The molecule has 0 aliphatic heterocycles. The van der Waals surface area contributed by atoms with E-state index in [2.05, 4.69) is 10.6 Å². The van der Waals surface area contributed by atoms with Crippen LogP contribution in [0.2, 0.25) is 0 Å². The van der Waals surface area contributed by atoms with Gasteiger partial charge in [0.1, 0.15) is 11.6 Å². The second kappa shape index (κ2) is 8.84. The maximum atomic E-state index is 11.9. The fraction of sp³-hybridized carbons (Fsp3) is 0.200. The molecule has 0 saturated heterocycles. The van der Waals surface area contributed by atoms with Crippen molar-refractivity contribution in [2.24, 2.45) is 0 Å². The predicted molar refractivity (Wildman–Crippen MR) is 80.6 cm³/mol. The lowest BCUT2D eigenvalue weighted by molar-refractivity contribution is -0.137. The number of aliphatic carboxylic acids is 1. The maximum absolute atomic E-state index is 11.9. The van der Waals surface area contributed by atoms with Gasteiger partial charge in [-0.05, 0) is 24.6 Å². The van der Waals surface area contributed by atoms with Gasteiger partial charge < -0.3 is 20.8 Å². The Hall–Kier alpha value is -3.34. The molecule has 0 aliphatic carbocycles. The molecule has 0 aliphatic rings. The van der Waals surface area contributed by atoms with Gasteiger partial charge in [-0.25, -0.2) is 4.79 Å². The van der Waals surface area contributed by atoms with Crippen molar-refractivity contribution in [1.82, 2.24) is 5.32 Å². The lowest BCUT2D eigenvalue weighted by Gasteiger charge is -2.06. The summed E-state index contributed by atoms with van der Waals surface area (Å²) in [5, 5.41) is 31.4. The Bertz CT molecular complexity index is 676. The van der Waals surface area contributed by atoms with E-state index in [1.807, 2.05) is 0 Å². The molecule has 0 heterocycles. The van der Waals surface area contributed by atoms with Gasteiger partial charge in [0.2, 0.25) is 0 Å². The van der Waals surface area contributed by atoms with Gasteiger partial charge in [-0.3, -0.25) is 9.59 Å². The van der Waals surface area contributed by atoms with Gasteiger partial charge in [0.05, 0.1) is 5.56 Å². The number of carboxylic acids is 2. The van der Waals surface area contributed by atoms with Gasteiger partial charge in [0, 0.05) is 24.9 Å². The molecular formula is C15H15N3O5. The molecule has 0 spiro atoms. The molecule has 0 aromatic heterocycles. The lowest BCUT2D eigenvalue weighted by Crippen LogP contribution is -2.17. The van der Waals surface area contributed by atoms with Crippen molar-refractivity contribution in [3.63, 3.8) is 0 Å². The van der Waals surface area contributed by atoms with Crippen LogP contribution in [0.3, 0.4) is 0 Å². The molecule has 0 bridgehead atoms. The summed E-state index contributed by atoms with van der Waals surface area (Å²) in [6.07, 6.45) is 1.53. The number of rotatable bonds is 8. The summed E-state index contributed by atoms with van der Waals surface area (Å²) in [5.41, 5.74) is 0.0556. The second-order valence-corrected chi connectivity index (χ2v) is 4.46. The minimum Gasteiger partial charge on any atom is -0.481 e. The highest BCUT2D eigenvalue weighted by Gasteiger charge is 2.10. The normalized spacial score (nSPS) is 10.5. The van der Waals surface area contributed by atoms with E-state index in [1.54, 1.807) is 6.07 Å². The van der Waals surface area contributed by atoms with E-state index in [4.69, 9.17) is 15.5 Å². The molecule has 8 heteroatoms. The number of amides is 1. The number of benzene rings is 1. The summed E-state index contributed by atoms with van der Waals surface area (Å²) in [7, 11) is 0. The van der Waals surface area contributed by atoms with Gasteiger partial charge in [0.15, 0.2) is 0 Å². The Balaban J connectivity index is 2.63. The van der Waals surface area contributed by atoms with Gasteiger partial charge >= 0.3 is 11.9 Å². The number of nitrogens with one attached hydrogen (secondary N) is 2. The average Bonchev–Trinajstić information content (AvgIpc) is 2.50. The number of hydrogen-bond acceptors (Lipinski definition) is 5. The molecule has 0 atom stereocenters. The fourth-order valence-electron chi connectivity index (χ4n) is 1.59. The summed E-state index contributed by atoms with van der Waals surface area (Å²) < 4.78 is 0. The quantitative estimate of drug-likeness (QED) is 0.321. The molecule has 0 fully saturated rings.